The Labute approximate surface area is 179 Å². The highest BCUT2D eigenvalue weighted by atomic mass is 19.1. The number of halogens is 1. The maximum Gasteiger partial charge on any atom is 0.291 e. The second-order valence-corrected chi connectivity index (χ2v) is 8.63. The molecule has 0 aliphatic carbocycles. The number of hydrogen-bond acceptors (Lipinski definition) is 4. The molecule has 1 saturated heterocycles. The summed E-state index contributed by atoms with van der Waals surface area (Å²) < 4.78 is 25.5. The fourth-order valence-corrected chi connectivity index (χ4v) is 4.60. The maximum atomic E-state index is 13.9. The van der Waals surface area contributed by atoms with Crippen LogP contribution < -0.4 is 5.43 Å². The monoisotopic (exact) mass is 421 g/mol. The van der Waals surface area contributed by atoms with E-state index >= 15 is 0 Å². The Morgan fingerprint density at radius 1 is 1.13 bits per heavy atom. The minimum Gasteiger partial charge on any atom is -0.450 e. The number of carbonyl (C=O) groups is 1. The van der Waals surface area contributed by atoms with Crippen LogP contribution in [-0.2, 0) is 4.74 Å². The van der Waals surface area contributed by atoms with E-state index in [0.717, 1.165) is 18.4 Å². The van der Waals surface area contributed by atoms with Gasteiger partial charge in [0.05, 0.1) is 23.1 Å². The molecule has 5 nitrogen and oxygen atoms in total. The van der Waals surface area contributed by atoms with E-state index in [-0.39, 0.29) is 39.7 Å². The zero-order valence-electron chi connectivity index (χ0n) is 17.6. The number of rotatable bonds is 4. The third kappa shape index (κ3) is 3.35. The second-order valence-electron chi connectivity index (χ2n) is 8.63. The SMILES string of the molecule is CC(C)c1ccc([C@H]2c3c(oc4ccc(F)cc4c3=O)C(=O)N2C[C@@H]2CCCO2)cc1. The summed E-state index contributed by atoms with van der Waals surface area (Å²) in [6.07, 6.45) is 1.75. The van der Waals surface area contributed by atoms with E-state index in [1.165, 1.54) is 23.8 Å². The lowest BCUT2D eigenvalue weighted by atomic mass is 9.95. The summed E-state index contributed by atoms with van der Waals surface area (Å²) in [4.78, 5) is 28.5. The van der Waals surface area contributed by atoms with E-state index in [2.05, 4.69) is 13.8 Å². The van der Waals surface area contributed by atoms with Crippen LogP contribution in [0, 0.1) is 5.82 Å². The molecule has 2 aliphatic rings. The number of carbonyl (C=O) groups excluding carboxylic acids is 1. The van der Waals surface area contributed by atoms with Crippen LogP contribution in [0.4, 0.5) is 4.39 Å². The molecule has 1 fully saturated rings. The number of benzene rings is 2. The van der Waals surface area contributed by atoms with Gasteiger partial charge in [-0.15, -0.1) is 0 Å². The third-order valence-corrected chi connectivity index (χ3v) is 6.27. The first kappa shape index (κ1) is 19.9. The quantitative estimate of drug-likeness (QED) is 0.608. The Balaban J connectivity index is 1.68. The Morgan fingerprint density at radius 3 is 2.58 bits per heavy atom. The summed E-state index contributed by atoms with van der Waals surface area (Å²) in [6, 6.07) is 11.2. The predicted octanol–water partition coefficient (Wildman–Crippen LogP) is 4.78. The molecule has 2 atom stereocenters. The van der Waals surface area contributed by atoms with Crippen molar-refractivity contribution in [2.24, 2.45) is 0 Å². The van der Waals surface area contributed by atoms with E-state index in [4.69, 9.17) is 9.15 Å². The Kier molecular flexibility index (Phi) is 4.89. The minimum absolute atomic E-state index is 0.0417. The molecule has 2 aromatic carbocycles. The normalized spacial score (nSPS) is 20.8. The number of amides is 1. The molecule has 0 spiro atoms. The summed E-state index contributed by atoms with van der Waals surface area (Å²) >= 11 is 0. The molecular formula is C25H24FNO4. The summed E-state index contributed by atoms with van der Waals surface area (Å²) in [5.41, 5.74) is 2.13. The van der Waals surface area contributed by atoms with Gasteiger partial charge < -0.3 is 14.1 Å². The van der Waals surface area contributed by atoms with Crippen LogP contribution in [0.2, 0.25) is 0 Å². The Hall–Kier alpha value is -2.99. The fraction of sp³-hybridized carbons (Fsp3) is 0.360. The van der Waals surface area contributed by atoms with Crippen LogP contribution in [0.25, 0.3) is 11.0 Å². The van der Waals surface area contributed by atoms with Gasteiger partial charge in [0, 0.05) is 13.2 Å². The van der Waals surface area contributed by atoms with Gasteiger partial charge in [0.25, 0.3) is 5.91 Å². The molecule has 0 unspecified atom stereocenters. The van der Waals surface area contributed by atoms with Crippen LogP contribution in [0.15, 0.2) is 51.7 Å². The average molecular weight is 421 g/mol. The van der Waals surface area contributed by atoms with E-state index in [0.29, 0.717) is 19.1 Å². The lowest BCUT2D eigenvalue weighted by Crippen LogP contribution is -2.36. The summed E-state index contributed by atoms with van der Waals surface area (Å²) in [7, 11) is 0. The van der Waals surface area contributed by atoms with Crippen LogP contribution in [0.3, 0.4) is 0 Å². The van der Waals surface area contributed by atoms with Crippen molar-refractivity contribution in [1.82, 2.24) is 4.90 Å². The smallest absolute Gasteiger partial charge is 0.291 e. The van der Waals surface area contributed by atoms with Gasteiger partial charge in [0.15, 0.2) is 5.43 Å². The number of ether oxygens (including phenoxy) is 1. The zero-order chi connectivity index (χ0) is 21.7. The predicted molar refractivity (Wildman–Crippen MR) is 115 cm³/mol. The lowest BCUT2D eigenvalue weighted by Gasteiger charge is -2.27. The second kappa shape index (κ2) is 7.61. The van der Waals surface area contributed by atoms with Crippen molar-refractivity contribution >= 4 is 16.9 Å². The summed E-state index contributed by atoms with van der Waals surface area (Å²) in [5, 5.41) is 0.148. The van der Waals surface area contributed by atoms with Crippen LogP contribution in [0.5, 0.6) is 0 Å². The molecule has 160 valence electrons. The number of fused-ring (bicyclic) bond motifs is 2. The highest BCUT2D eigenvalue weighted by molar-refractivity contribution is 5.99. The molecule has 1 amide bonds. The first-order valence-electron chi connectivity index (χ1n) is 10.7. The highest BCUT2D eigenvalue weighted by Gasteiger charge is 2.43. The topological polar surface area (TPSA) is 59.8 Å². The fourth-order valence-electron chi connectivity index (χ4n) is 4.60. The number of hydrogen-bond donors (Lipinski definition) is 0. The van der Waals surface area contributed by atoms with Gasteiger partial charge in [0.1, 0.15) is 11.4 Å². The third-order valence-electron chi connectivity index (χ3n) is 6.27. The standard InChI is InChI=1S/C25H24FNO4/c1-14(2)15-5-7-16(8-6-15)22-21-23(28)19-12-17(26)9-10-20(19)31-24(21)25(29)27(22)13-18-4-3-11-30-18/h5-10,12,14,18,22H,3-4,11,13H2,1-2H3/t18-,22-/m0/s1. The average Bonchev–Trinajstić information content (AvgIpc) is 3.36. The molecule has 2 aliphatic heterocycles. The molecule has 0 N–H and O–H groups in total. The van der Waals surface area contributed by atoms with Gasteiger partial charge in [-0.3, -0.25) is 9.59 Å². The van der Waals surface area contributed by atoms with Crippen molar-refractivity contribution in [3.63, 3.8) is 0 Å². The summed E-state index contributed by atoms with van der Waals surface area (Å²) in [5.74, 6) is -0.434. The molecular weight excluding hydrogens is 397 g/mol. The van der Waals surface area contributed by atoms with Gasteiger partial charge in [-0.1, -0.05) is 38.1 Å². The van der Waals surface area contributed by atoms with Gasteiger partial charge in [0.2, 0.25) is 5.76 Å². The minimum atomic E-state index is -0.586. The van der Waals surface area contributed by atoms with Gasteiger partial charge >= 0.3 is 0 Å². The van der Waals surface area contributed by atoms with Gasteiger partial charge in [-0.2, -0.15) is 0 Å². The lowest BCUT2D eigenvalue weighted by molar-refractivity contribution is 0.0486. The molecule has 3 heterocycles. The molecule has 0 radical (unpaired) electrons. The Morgan fingerprint density at radius 2 is 1.90 bits per heavy atom. The van der Waals surface area contributed by atoms with E-state index < -0.39 is 11.9 Å². The van der Waals surface area contributed by atoms with Crippen molar-refractivity contribution in [1.29, 1.82) is 0 Å². The number of nitrogens with zero attached hydrogens (tertiary/aromatic N) is 1. The first-order valence-corrected chi connectivity index (χ1v) is 10.7. The molecule has 0 bridgehead atoms. The molecule has 0 saturated carbocycles. The highest BCUT2D eigenvalue weighted by Crippen LogP contribution is 2.39. The van der Waals surface area contributed by atoms with E-state index in [1.807, 2.05) is 24.3 Å². The first-order chi connectivity index (χ1) is 14.9. The van der Waals surface area contributed by atoms with Crippen molar-refractivity contribution in [2.45, 2.75) is 44.8 Å². The Bertz CT molecular complexity index is 1210. The molecule has 5 rings (SSSR count). The van der Waals surface area contributed by atoms with Crippen LogP contribution >= 0.6 is 0 Å². The summed E-state index contributed by atoms with van der Waals surface area (Å²) in [6.45, 7) is 5.28. The van der Waals surface area contributed by atoms with Gasteiger partial charge in [-0.05, 0) is 48.1 Å². The van der Waals surface area contributed by atoms with Crippen molar-refractivity contribution in [2.75, 3.05) is 13.2 Å². The van der Waals surface area contributed by atoms with E-state index in [9.17, 15) is 14.0 Å². The zero-order valence-corrected chi connectivity index (χ0v) is 17.6. The van der Waals surface area contributed by atoms with Crippen molar-refractivity contribution in [3.05, 3.63) is 81.0 Å². The van der Waals surface area contributed by atoms with Gasteiger partial charge in [-0.25, -0.2) is 4.39 Å². The van der Waals surface area contributed by atoms with Crippen molar-refractivity contribution in [3.8, 4) is 0 Å². The van der Waals surface area contributed by atoms with Crippen LogP contribution in [-0.4, -0.2) is 30.1 Å². The molecule has 31 heavy (non-hydrogen) atoms. The molecule has 1 aromatic heterocycles. The van der Waals surface area contributed by atoms with E-state index in [1.54, 1.807) is 4.90 Å². The maximum absolute atomic E-state index is 13.9. The van der Waals surface area contributed by atoms with Crippen molar-refractivity contribution < 1.29 is 18.3 Å². The molecule has 3 aromatic rings. The largest absolute Gasteiger partial charge is 0.450 e. The molecule has 6 heteroatoms. The van der Waals surface area contributed by atoms with Crippen LogP contribution in [0.1, 0.15) is 65.9 Å².